The van der Waals surface area contributed by atoms with Crippen molar-refractivity contribution in [3.63, 3.8) is 0 Å². The van der Waals surface area contributed by atoms with Crippen LogP contribution in [0.5, 0.6) is 23.0 Å². The summed E-state index contributed by atoms with van der Waals surface area (Å²) < 4.78 is 22.1. The van der Waals surface area contributed by atoms with Gasteiger partial charge in [0.25, 0.3) is 0 Å². The van der Waals surface area contributed by atoms with Crippen LogP contribution >= 0.6 is 0 Å². The number of esters is 2. The number of fused-ring (bicyclic) bond motifs is 5. The first kappa shape index (κ1) is 21.1. The van der Waals surface area contributed by atoms with E-state index < -0.39 is 11.9 Å². The summed E-state index contributed by atoms with van der Waals surface area (Å²) in [4.78, 5) is 26.0. The van der Waals surface area contributed by atoms with Crippen LogP contribution in [0.15, 0.2) is 60.7 Å². The second kappa shape index (κ2) is 8.62. The van der Waals surface area contributed by atoms with Gasteiger partial charge in [-0.3, -0.25) is 0 Å². The minimum atomic E-state index is -0.579. The van der Waals surface area contributed by atoms with Crippen LogP contribution in [0.25, 0.3) is 0 Å². The van der Waals surface area contributed by atoms with Crippen molar-refractivity contribution < 1.29 is 28.5 Å². The number of para-hydroxylation sites is 2. The summed E-state index contributed by atoms with van der Waals surface area (Å²) in [6.45, 7) is 0. The molecule has 6 heteroatoms. The first-order chi connectivity index (χ1) is 16.1. The maximum absolute atomic E-state index is 13.0. The maximum Gasteiger partial charge on any atom is 0.347 e. The zero-order valence-electron chi connectivity index (χ0n) is 18.5. The molecule has 1 fully saturated rings. The van der Waals surface area contributed by atoms with Crippen molar-refractivity contribution in [1.82, 2.24) is 0 Å². The fourth-order valence-electron chi connectivity index (χ4n) is 4.94. The van der Waals surface area contributed by atoms with Gasteiger partial charge in [-0.15, -0.1) is 0 Å². The number of carbonyl (C=O) groups excluding carboxylic acids is 2. The lowest BCUT2D eigenvalue weighted by Gasteiger charge is -2.19. The number of ether oxygens (including phenoxy) is 4. The number of carbonyl (C=O) groups is 2. The third-order valence-corrected chi connectivity index (χ3v) is 6.52. The fraction of sp³-hybridized carbons (Fsp3) is 0.259. The van der Waals surface area contributed by atoms with Crippen molar-refractivity contribution in [2.24, 2.45) is 0 Å². The van der Waals surface area contributed by atoms with Crippen LogP contribution in [-0.4, -0.2) is 26.2 Å². The third kappa shape index (κ3) is 3.82. The molecule has 2 atom stereocenters. The van der Waals surface area contributed by atoms with Crippen molar-refractivity contribution in [2.45, 2.75) is 31.1 Å². The Morgan fingerprint density at radius 3 is 1.52 bits per heavy atom. The molecule has 168 valence electrons. The molecule has 2 unspecified atom stereocenters. The number of methoxy groups -OCH3 is 2. The molecule has 0 radical (unpaired) electrons. The normalized spacial score (nSPS) is 17.9. The summed E-state index contributed by atoms with van der Waals surface area (Å²) in [5.74, 6) is 1.02. The molecular formula is C27H24O6. The minimum Gasteiger partial charge on any atom is -0.496 e. The Kier molecular flexibility index (Phi) is 5.50. The lowest BCUT2D eigenvalue weighted by atomic mass is 9.91. The second-order valence-electron chi connectivity index (χ2n) is 8.31. The molecule has 0 aliphatic heterocycles. The van der Waals surface area contributed by atoms with E-state index in [1.165, 1.54) is 25.3 Å². The van der Waals surface area contributed by atoms with E-state index in [-0.39, 0.29) is 11.5 Å². The molecule has 5 rings (SSSR count). The minimum absolute atomic E-state index is 0.223. The third-order valence-electron chi connectivity index (χ3n) is 6.52. The van der Waals surface area contributed by atoms with Crippen molar-refractivity contribution in [2.75, 3.05) is 14.2 Å². The van der Waals surface area contributed by atoms with E-state index in [1.807, 2.05) is 12.1 Å². The number of hydrogen-bond acceptors (Lipinski definition) is 6. The number of hydrogen-bond donors (Lipinski definition) is 0. The quantitative estimate of drug-likeness (QED) is 0.369. The lowest BCUT2D eigenvalue weighted by Crippen LogP contribution is -2.15. The standard InChI is InChI=1S/C27H24O6/c1-30-22-9-5-3-7-18(22)26(28)32-24-14-20-16-11-12-17(13-16)21(20)15-25(24)33-27(29)19-8-4-6-10-23(19)31-2/h3-10,14-17H,11-13H2,1-2H3. The molecule has 0 amide bonds. The van der Waals surface area contributed by atoms with E-state index in [1.54, 1.807) is 48.5 Å². The molecule has 2 aliphatic rings. The molecule has 0 spiro atoms. The van der Waals surface area contributed by atoms with Crippen LogP contribution in [0.3, 0.4) is 0 Å². The highest BCUT2D eigenvalue weighted by Crippen LogP contribution is 2.55. The SMILES string of the molecule is COc1ccccc1C(=O)Oc1cc2c(cc1OC(=O)c1ccccc1OC)C1CCC2C1. The highest BCUT2D eigenvalue weighted by Gasteiger charge is 2.38. The Hall–Kier alpha value is -3.80. The van der Waals surface area contributed by atoms with E-state index in [0.29, 0.717) is 34.5 Å². The highest BCUT2D eigenvalue weighted by molar-refractivity contribution is 5.96. The zero-order chi connectivity index (χ0) is 22.9. The molecule has 6 nitrogen and oxygen atoms in total. The summed E-state index contributed by atoms with van der Waals surface area (Å²) in [7, 11) is 3.00. The summed E-state index contributed by atoms with van der Waals surface area (Å²) in [5.41, 5.74) is 2.94. The van der Waals surface area contributed by atoms with Crippen LogP contribution in [-0.2, 0) is 0 Å². The average molecular weight is 444 g/mol. The molecule has 0 aromatic heterocycles. The van der Waals surface area contributed by atoms with E-state index >= 15 is 0 Å². The van der Waals surface area contributed by atoms with Gasteiger partial charge in [-0.1, -0.05) is 24.3 Å². The van der Waals surface area contributed by atoms with Gasteiger partial charge < -0.3 is 18.9 Å². The summed E-state index contributed by atoms with van der Waals surface area (Å²) in [5, 5.41) is 0. The molecule has 33 heavy (non-hydrogen) atoms. The van der Waals surface area contributed by atoms with Crippen LogP contribution in [0, 0.1) is 0 Å². The van der Waals surface area contributed by atoms with Gasteiger partial charge in [-0.2, -0.15) is 0 Å². The van der Waals surface area contributed by atoms with Crippen molar-refractivity contribution >= 4 is 11.9 Å². The molecule has 3 aromatic rings. The molecule has 2 aliphatic carbocycles. The molecule has 2 bridgehead atoms. The van der Waals surface area contributed by atoms with Crippen LogP contribution in [0.4, 0.5) is 0 Å². The number of rotatable bonds is 6. The molecule has 0 N–H and O–H groups in total. The summed E-state index contributed by atoms with van der Waals surface area (Å²) >= 11 is 0. The van der Waals surface area contributed by atoms with E-state index in [0.717, 1.165) is 19.3 Å². The van der Waals surface area contributed by atoms with Gasteiger partial charge in [0.2, 0.25) is 0 Å². The van der Waals surface area contributed by atoms with Gasteiger partial charge in [-0.25, -0.2) is 9.59 Å². The maximum atomic E-state index is 13.0. The van der Waals surface area contributed by atoms with Crippen molar-refractivity contribution in [1.29, 1.82) is 0 Å². The van der Waals surface area contributed by atoms with Gasteiger partial charge in [0.05, 0.1) is 14.2 Å². The van der Waals surface area contributed by atoms with Crippen LogP contribution in [0.1, 0.15) is 62.9 Å². The Labute approximate surface area is 192 Å². The van der Waals surface area contributed by atoms with Crippen LogP contribution in [0.2, 0.25) is 0 Å². The second-order valence-corrected chi connectivity index (χ2v) is 8.31. The molecule has 0 saturated heterocycles. The Balaban J connectivity index is 1.51. The van der Waals surface area contributed by atoms with Crippen molar-refractivity contribution in [3.8, 4) is 23.0 Å². The monoisotopic (exact) mass is 444 g/mol. The average Bonchev–Trinajstić information content (AvgIpc) is 3.46. The molecule has 1 saturated carbocycles. The largest absolute Gasteiger partial charge is 0.496 e. The van der Waals surface area contributed by atoms with Gasteiger partial charge in [0.1, 0.15) is 22.6 Å². The van der Waals surface area contributed by atoms with E-state index in [4.69, 9.17) is 18.9 Å². The van der Waals surface area contributed by atoms with E-state index in [2.05, 4.69) is 0 Å². The number of benzene rings is 3. The van der Waals surface area contributed by atoms with Gasteiger partial charge in [0, 0.05) is 0 Å². The predicted octanol–water partition coefficient (Wildman–Crippen LogP) is 5.51. The van der Waals surface area contributed by atoms with Gasteiger partial charge in [-0.05, 0) is 78.6 Å². The van der Waals surface area contributed by atoms with Gasteiger partial charge in [0.15, 0.2) is 11.5 Å². The Bertz CT molecular complexity index is 1140. The zero-order valence-corrected chi connectivity index (χ0v) is 18.5. The van der Waals surface area contributed by atoms with E-state index in [9.17, 15) is 9.59 Å². The molecule has 3 aromatic carbocycles. The predicted molar refractivity (Wildman–Crippen MR) is 122 cm³/mol. The first-order valence-electron chi connectivity index (χ1n) is 11.0. The summed E-state index contributed by atoms with van der Waals surface area (Å²) in [6.07, 6.45) is 3.33. The van der Waals surface area contributed by atoms with Crippen LogP contribution < -0.4 is 18.9 Å². The van der Waals surface area contributed by atoms with Crippen molar-refractivity contribution in [3.05, 3.63) is 82.9 Å². The Morgan fingerprint density at radius 2 is 1.09 bits per heavy atom. The Morgan fingerprint density at radius 1 is 0.667 bits per heavy atom. The smallest absolute Gasteiger partial charge is 0.347 e. The topological polar surface area (TPSA) is 71.1 Å². The highest BCUT2D eigenvalue weighted by atomic mass is 16.6. The molecular weight excluding hydrogens is 420 g/mol. The first-order valence-corrected chi connectivity index (χ1v) is 11.0. The molecule has 0 heterocycles. The summed E-state index contributed by atoms with van der Waals surface area (Å²) in [6, 6.07) is 17.4. The lowest BCUT2D eigenvalue weighted by molar-refractivity contribution is 0.0678. The van der Waals surface area contributed by atoms with Gasteiger partial charge >= 0.3 is 11.9 Å². The fourth-order valence-corrected chi connectivity index (χ4v) is 4.94.